The molecule has 4 amide bonds. The third-order valence-electron chi connectivity index (χ3n) is 9.99. The summed E-state index contributed by atoms with van der Waals surface area (Å²) in [6.45, 7) is 12.6. The van der Waals surface area contributed by atoms with E-state index in [9.17, 15) is 36.8 Å². The Morgan fingerprint density at radius 3 is 2.03 bits per heavy atom. The quantitative estimate of drug-likeness (QED) is 0.0661. The first-order valence-corrected chi connectivity index (χ1v) is 22.7. The second kappa shape index (κ2) is 20.8. The van der Waals surface area contributed by atoms with Gasteiger partial charge in [0.15, 0.2) is 15.5 Å². The van der Waals surface area contributed by atoms with Crippen LogP contribution in [0.15, 0.2) is 90.0 Å². The Labute approximate surface area is 382 Å². The van der Waals surface area contributed by atoms with Crippen molar-refractivity contribution in [3.8, 4) is 16.9 Å². The molecule has 5 rings (SSSR count). The number of amides is 4. The van der Waals surface area contributed by atoms with E-state index in [2.05, 4.69) is 26.0 Å². The molecule has 0 radical (unpaired) electrons. The Kier molecular flexibility index (Phi) is 15.7. The van der Waals surface area contributed by atoms with E-state index in [1.807, 2.05) is 0 Å². The number of hydrogen-bond donors (Lipinski definition) is 3. The Bertz CT molecular complexity index is 2680. The van der Waals surface area contributed by atoms with Gasteiger partial charge in [-0.05, 0) is 99.2 Å². The van der Waals surface area contributed by atoms with E-state index in [1.54, 1.807) is 110 Å². The fraction of sp³-hybridized carbons (Fsp3) is 0.370. The number of aromatic nitrogens is 3. The summed E-state index contributed by atoms with van der Waals surface area (Å²) < 4.78 is 61.2. The highest BCUT2D eigenvalue weighted by molar-refractivity contribution is 7.90. The number of fused-ring (bicyclic) bond motifs is 1. The summed E-state index contributed by atoms with van der Waals surface area (Å²) in [5.74, 6) is -4.00. The van der Waals surface area contributed by atoms with Crippen molar-refractivity contribution >= 4 is 62.8 Å². The molecule has 352 valence electrons. The van der Waals surface area contributed by atoms with Crippen LogP contribution in [0.2, 0.25) is 0 Å². The van der Waals surface area contributed by atoms with Crippen LogP contribution in [-0.4, -0.2) is 90.8 Å². The van der Waals surface area contributed by atoms with E-state index in [-0.39, 0.29) is 28.2 Å². The van der Waals surface area contributed by atoms with Gasteiger partial charge in [-0.1, -0.05) is 52.0 Å². The van der Waals surface area contributed by atoms with E-state index in [0.717, 1.165) is 16.7 Å². The number of ether oxygens (including phenoxy) is 4. The SMILES string of the molecule is COc1cc(S(C)(=O)=O)ccc1N(C(=O)OCOC(=O)C(NC(=O)C(NC(=O)OC(C)(C)C)C(C)C)C(C)C)c1nc2ccc(-c3ccc(NC(=O)C(C)c4ccc(F)cc4)cc3)cn2n1. The van der Waals surface area contributed by atoms with Gasteiger partial charge in [0.25, 0.3) is 5.95 Å². The normalized spacial score (nSPS) is 13.0. The van der Waals surface area contributed by atoms with Crippen molar-refractivity contribution in [1.29, 1.82) is 0 Å². The predicted octanol–water partition coefficient (Wildman–Crippen LogP) is 7.16. The molecule has 3 aromatic carbocycles. The number of nitrogens with zero attached hydrogens (tertiary/aromatic N) is 4. The molecule has 0 fully saturated rings. The average molecular weight is 932 g/mol. The van der Waals surface area contributed by atoms with Gasteiger partial charge in [0.1, 0.15) is 29.3 Å². The largest absolute Gasteiger partial charge is 0.495 e. The summed E-state index contributed by atoms with van der Waals surface area (Å²) >= 11 is 0. The molecule has 2 aromatic heterocycles. The Morgan fingerprint density at radius 1 is 0.803 bits per heavy atom. The molecule has 66 heavy (non-hydrogen) atoms. The highest BCUT2D eigenvalue weighted by Gasteiger charge is 2.34. The van der Waals surface area contributed by atoms with Gasteiger partial charge in [0.05, 0.1) is 23.6 Å². The fourth-order valence-electron chi connectivity index (χ4n) is 6.40. The molecule has 20 heteroatoms. The zero-order chi connectivity index (χ0) is 48.7. The second-order valence-corrected chi connectivity index (χ2v) is 19.0. The standard InChI is InChI=1S/C46H54FN7O11S/c1-26(2)38(51-44(58)65-46(6,7)8)41(56)50-39(27(3)4)42(57)63-25-64-45(59)54(35-21-20-34(66(10,60)61)23-36(35)62-9)43-49-37-22-15-31(24-53(37)52-43)30-13-18-33(19-14-30)48-40(55)28(5)29-11-16-32(47)17-12-29/h11-24,26-28,38-39H,25H2,1-10H3,(H,48,55)(H,50,56)(H,51,58). The lowest BCUT2D eigenvalue weighted by Gasteiger charge is -2.27. The van der Waals surface area contributed by atoms with Gasteiger partial charge >= 0.3 is 18.2 Å². The number of methoxy groups -OCH3 is 1. The molecule has 0 aliphatic carbocycles. The first kappa shape index (κ1) is 49.9. The van der Waals surface area contributed by atoms with E-state index in [1.165, 1.54) is 42.0 Å². The van der Waals surface area contributed by atoms with Crippen LogP contribution in [0.25, 0.3) is 16.8 Å². The van der Waals surface area contributed by atoms with Gasteiger partial charge in [-0.25, -0.2) is 36.6 Å². The van der Waals surface area contributed by atoms with Crippen molar-refractivity contribution in [2.75, 3.05) is 30.4 Å². The molecular formula is C46H54FN7O11S. The van der Waals surface area contributed by atoms with Crippen molar-refractivity contribution in [2.45, 2.75) is 83.9 Å². The van der Waals surface area contributed by atoms with Crippen molar-refractivity contribution in [3.05, 3.63) is 96.4 Å². The lowest BCUT2D eigenvalue weighted by atomic mass is 10.00. The van der Waals surface area contributed by atoms with Crippen LogP contribution in [0.1, 0.15) is 66.9 Å². The Morgan fingerprint density at radius 2 is 1.44 bits per heavy atom. The van der Waals surface area contributed by atoms with E-state index in [0.29, 0.717) is 22.5 Å². The number of hydrogen-bond acceptors (Lipinski definition) is 13. The molecule has 2 heterocycles. The topological polar surface area (TPSA) is 226 Å². The van der Waals surface area contributed by atoms with Gasteiger partial charge in [-0.2, -0.15) is 4.98 Å². The number of pyridine rings is 1. The summed E-state index contributed by atoms with van der Waals surface area (Å²) in [5.41, 5.74) is 2.07. The van der Waals surface area contributed by atoms with E-state index in [4.69, 9.17) is 18.9 Å². The first-order valence-electron chi connectivity index (χ1n) is 20.8. The van der Waals surface area contributed by atoms with Crippen molar-refractivity contribution in [2.24, 2.45) is 11.8 Å². The monoisotopic (exact) mass is 931 g/mol. The molecule has 18 nitrogen and oxygen atoms in total. The number of esters is 1. The minimum absolute atomic E-state index is 0.0201. The smallest absolute Gasteiger partial charge is 0.424 e. The third kappa shape index (κ3) is 12.8. The summed E-state index contributed by atoms with van der Waals surface area (Å²) in [7, 11) is -2.43. The number of halogens is 1. The van der Waals surface area contributed by atoms with Crippen LogP contribution in [0.5, 0.6) is 5.75 Å². The van der Waals surface area contributed by atoms with Gasteiger partial charge < -0.3 is 34.9 Å². The maximum atomic E-state index is 14.0. The second-order valence-electron chi connectivity index (χ2n) is 17.0. The maximum absolute atomic E-state index is 14.0. The van der Waals surface area contributed by atoms with Crippen LogP contribution in [-0.2, 0) is 38.4 Å². The van der Waals surface area contributed by atoms with Crippen LogP contribution in [0.4, 0.5) is 31.3 Å². The minimum atomic E-state index is -3.71. The molecule has 3 atom stereocenters. The molecule has 0 saturated carbocycles. The van der Waals surface area contributed by atoms with Gasteiger partial charge in [-0.15, -0.1) is 5.10 Å². The Balaban J connectivity index is 1.36. The van der Waals surface area contributed by atoms with Crippen LogP contribution < -0.4 is 25.6 Å². The number of benzene rings is 3. The summed E-state index contributed by atoms with van der Waals surface area (Å²) in [4.78, 5) is 71.5. The summed E-state index contributed by atoms with van der Waals surface area (Å²) in [5, 5.41) is 12.6. The van der Waals surface area contributed by atoms with Crippen LogP contribution in [0, 0.1) is 17.7 Å². The maximum Gasteiger partial charge on any atom is 0.424 e. The van der Waals surface area contributed by atoms with Crippen molar-refractivity contribution < 1.29 is 55.7 Å². The summed E-state index contributed by atoms with van der Waals surface area (Å²) in [6.07, 6.45) is 0.696. The summed E-state index contributed by atoms with van der Waals surface area (Å²) in [6, 6.07) is 17.7. The molecule has 0 spiro atoms. The molecule has 0 aliphatic rings. The molecular weight excluding hydrogens is 878 g/mol. The molecule has 5 aromatic rings. The van der Waals surface area contributed by atoms with Crippen LogP contribution in [0.3, 0.4) is 0 Å². The molecule has 3 N–H and O–H groups in total. The lowest BCUT2D eigenvalue weighted by molar-refractivity contribution is -0.157. The minimum Gasteiger partial charge on any atom is -0.495 e. The van der Waals surface area contributed by atoms with Gasteiger partial charge in [-0.3, -0.25) is 9.59 Å². The predicted molar refractivity (Wildman–Crippen MR) is 242 cm³/mol. The van der Waals surface area contributed by atoms with Gasteiger partial charge in [0.2, 0.25) is 18.6 Å². The van der Waals surface area contributed by atoms with Crippen LogP contribution >= 0.6 is 0 Å². The number of rotatable bonds is 16. The van der Waals surface area contributed by atoms with Crippen molar-refractivity contribution in [3.63, 3.8) is 0 Å². The molecule has 3 unspecified atom stereocenters. The first-order chi connectivity index (χ1) is 30.9. The zero-order valence-corrected chi connectivity index (χ0v) is 39.1. The van der Waals surface area contributed by atoms with E-state index < -0.39 is 81.9 Å². The third-order valence-corrected chi connectivity index (χ3v) is 11.1. The molecule has 0 bridgehead atoms. The van der Waals surface area contributed by atoms with E-state index >= 15 is 0 Å². The Hall–Kier alpha value is -7.09. The number of carbonyl (C=O) groups excluding carboxylic acids is 5. The number of carbonyl (C=O) groups is 5. The average Bonchev–Trinajstić information content (AvgIpc) is 3.66. The highest BCUT2D eigenvalue weighted by Crippen LogP contribution is 2.36. The highest BCUT2D eigenvalue weighted by atomic mass is 32.2. The number of nitrogens with one attached hydrogen (secondary N) is 3. The number of anilines is 3. The zero-order valence-electron chi connectivity index (χ0n) is 38.2. The fourth-order valence-corrected chi connectivity index (χ4v) is 7.04. The molecule has 0 saturated heterocycles. The lowest BCUT2D eigenvalue weighted by Crippen LogP contribution is -2.55. The number of sulfone groups is 1. The number of alkyl carbamates (subject to hydrolysis) is 1. The van der Waals surface area contributed by atoms with Gasteiger partial charge in [0, 0.05) is 29.8 Å². The molecule has 0 aliphatic heterocycles. The van der Waals surface area contributed by atoms with Crippen molar-refractivity contribution in [1.82, 2.24) is 25.2 Å².